The molecule has 0 radical (unpaired) electrons. The van der Waals surface area contributed by atoms with E-state index < -0.39 is 0 Å². The quantitative estimate of drug-likeness (QED) is 0.914. The van der Waals surface area contributed by atoms with E-state index in [2.05, 4.69) is 0 Å². The monoisotopic (exact) mass is 275 g/mol. The fourth-order valence-corrected chi connectivity index (χ4v) is 3.27. The predicted octanol–water partition coefficient (Wildman–Crippen LogP) is 1.75. The average molecular weight is 275 g/mol. The highest BCUT2D eigenvalue weighted by Crippen LogP contribution is 2.31. The predicted molar refractivity (Wildman–Crippen MR) is 75.6 cm³/mol. The van der Waals surface area contributed by atoms with E-state index in [1.54, 1.807) is 6.92 Å². The number of benzene rings is 1. The minimum Gasteiger partial charge on any atom is -0.480 e. The van der Waals surface area contributed by atoms with Gasteiger partial charge in [-0.25, -0.2) is 0 Å². The van der Waals surface area contributed by atoms with Crippen LogP contribution in [0.1, 0.15) is 31.7 Å². The first-order valence-electron chi connectivity index (χ1n) is 7.38. The maximum Gasteiger partial charge on any atom is 0.264 e. The van der Waals surface area contributed by atoms with Crippen molar-refractivity contribution in [2.45, 2.75) is 50.9 Å². The standard InChI is InChI=1S/C16H21NO3/c1-11(18)9-13-6-4-8-17(13)16(19)15-10-12-5-2-3-7-14(12)20-15/h2-3,5,7,11,13,15,18H,4,6,8-10H2,1H3. The molecule has 3 rings (SSSR count). The molecule has 1 amide bonds. The molecule has 108 valence electrons. The number of carbonyl (C=O) groups excluding carboxylic acids is 1. The van der Waals surface area contributed by atoms with Gasteiger partial charge in [0.05, 0.1) is 6.10 Å². The Balaban J connectivity index is 1.68. The molecule has 4 nitrogen and oxygen atoms in total. The molecule has 1 saturated heterocycles. The third-order valence-corrected chi connectivity index (χ3v) is 4.20. The van der Waals surface area contributed by atoms with Crippen molar-refractivity contribution < 1.29 is 14.6 Å². The summed E-state index contributed by atoms with van der Waals surface area (Å²) < 4.78 is 5.78. The van der Waals surface area contributed by atoms with Crippen LogP contribution in [0, 0.1) is 0 Å². The summed E-state index contributed by atoms with van der Waals surface area (Å²) in [5, 5.41) is 9.55. The lowest BCUT2D eigenvalue weighted by molar-refractivity contribution is -0.139. The zero-order chi connectivity index (χ0) is 14.1. The molecule has 4 heteroatoms. The topological polar surface area (TPSA) is 49.8 Å². The highest BCUT2D eigenvalue weighted by atomic mass is 16.5. The molecule has 0 bridgehead atoms. The normalized spacial score (nSPS) is 26.2. The van der Waals surface area contributed by atoms with Gasteiger partial charge >= 0.3 is 0 Å². The summed E-state index contributed by atoms with van der Waals surface area (Å²) >= 11 is 0. The van der Waals surface area contributed by atoms with Gasteiger partial charge in [0, 0.05) is 19.0 Å². The molecule has 1 fully saturated rings. The van der Waals surface area contributed by atoms with Gasteiger partial charge in [-0.2, -0.15) is 0 Å². The molecule has 1 N–H and O–H groups in total. The number of ether oxygens (including phenoxy) is 1. The molecular weight excluding hydrogens is 254 g/mol. The first-order chi connectivity index (χ1) is 9.65. The molecule has 0 spiro atoms. The van der Waals surface area contributed by atoms with E-state index in [0.717, 1.165) is 30.7 Å². The first kappa shape index (κ1) is 13.4. The van der Waals surface area contributed by atoms with Crippen LogP contribution in [-0.4, -0.2) is 40.7 Å². The zero-order valence-electron chi connectivity index (χ0n) is 11.8. The van der Waals surface area contributed by atoms with E-state index in [1.807, 2.05) is 29.2 Å². The summed E-state index contributed by atoms with van der Waals surface area (Å²) in [5.74, 6) is 0.904. The molecule has 0 saturated carbocycles. The third kappa shape index (κ3) is 2.52. The van der Waals surface area contributed by atoms with Crippen LogP contribution in [0.2, 0.25) is 0 Å². The van der Waals surface area contributed by atoms with Crippen molar-refractivity contribution in [1.82, 2.24) is 4.90 Å². The summed E-state index contributed by atoms with van der Waals surface area (Å²) in [4.78, 5) is 14.5. The summed E-state index contributed by atoms with van der Waals surface area (Å²) in [6.45, 7) is 2.56. The van der Waals surface area contributed by atoms with Crippen molar-refractivity contribution >= 4 is 5.91 Å². The maximum atomic E-state index is 12.6. The molecule has 2 heterocycles. The van der Waals surface area contributed by atoms with Crippen LogP contribution >= 0.6 is 0 Å². The van der Waals surface area contributed by atoms with Crippen LogP contribution in [0.4, 0.5) is 0 Å². The number of para-hydroxylation sites is 1. The fraction of sp³-hybridized carbons (Fsp3) is 0.562. The van der Waals surface area contributed by atoms with E-state index >= 15 is 0 Å². The van der Waals surface area contributed by atoms with E-state index in [-0.39, 0.29) is 24.2 Å². The highest BCUT2D eigenvalue weighted by molar-refractivity contribution is 5.83. The van der Waals surface area contributed by atoms with E-state index in [4.69, 9.17) is 4.74 Å². The largest absolute Gasteiger partial charge is 0.480 e. The Bertz CT molecular complexity index is 475. The minimum absolute atomic E-state index is 0.0735. The molecule has 0 aliphatic carbocycles. The second kappa shape index (κ2) is 5.44. The van der Waals surface area contributed by atoms with Gasteiger partial charge < -0.3 is 14.7 Å². The van der Waals surface area contributed by atoms with Crippen LogP contribution in [0.3, 0.4) is 0 Å². The Labute approximate surface area is 119 Å². The van der Waals surface area contributed by atoms with Gasteiger partial charge in [0.1, 0.15) is 5.75 Å². The van der Waals surface area contributed by atoms with E-state index in [0.29, 0.717) is 12.8 Å². The Morgan fingerprint density at radius 3 is 3.05 bits per heavy atom. The lowest BCUT2D eigenvalue weighted by Crippen LogP contribution is -2.44. The van der Waals surface area contributed by atoms with Crippen LogP contribution in [-0.2, 0) is 11.2 Å². The summed E-state index contributed by atoms with van der Waals surface area (Å²) in [5.41, 5.74) is 1.11. The summed E-state index contributed by atoms with van der Waals surface area (Å²) in [6, 6.07) is 7.99. The molecule has 2 aliphatic heterocycles. The van der Waals surface area contributed by atoms with Gasteiger partial charge in [0.25, 0.3) is 5.91 Å². The Hall–Kier alpha value is -1.55. The van der Waals surface area contributed by atoms with Gasteiger partial charge in [-0.05, 0) is 37.8 Å². The van der Waals surface area contributed by atoms with Crippen LogP contribution in [0.15, 0.2) is 24.3 Å². The number of fused-ring (bicyclic) bond motifs is 1. The average Bonchev–Trinajstić information content (AvgIpc) is 3.03. The number of rotatable bonds is 3. The molecule has 20 heavy (non-hydrogen) atoms. The fourth-order valence-electron chi connectivity index (χ4n) is 3.27. The van der Waals surface area contributed by atoms with Crippen molar-refractivity contribution in [2.75, 3.05) is 6.54 Å². The number of aliphatic hydroxyl groups is 1. The lowest BCUT2D eigenvalue weighted by atomic mass is 10.1. The molecule has 2 aliphatic rings. The van der Waals surface area contributed by atoms with Gasteiger partial charge in [0.2, 0.25) is 0 Å². The van der Waals surface area contributed by atoms with Crippen molar-refractivity contribution in [1.29, 1.82) is 0 Å². The number of hydrogen-bond acceptors (Lipinski definition) is 3. The third-order valence-electron chi connectivity index (χ3n) is 4.20. The Kier molecular flexibility index (Phi) is 3.66. The first-order valence-corrected chi connectivity index (χ1v) is 7.38. The van der Waals surface area contributed by atoms with E-state index in [1.165, 1.54) is 0 Å². The number of amides is 1. The number of aliphatic hydroxyl groups excluding tert-OH is 1. The van der Waals surface area contributed by atoms with Crippen molar-refractivity contribution in [3.63, 3.8) is 0 Å². The Morgan fingerprint density at radius 2 is 2.30 bits per heavy atom. The Morgan fingerprint density at radius 1 is 1.50 bits per heavy atom. The molecular formula is C16H21NO3. The zero-order valence-corrected chi connectivity index (χ0v) is 11.8. The number of carbonyl (C=O) groups is 1. The number of hydrogen-bond donors (Lipinski definition) is 1. The van der Waals surface area contributed by atoms with Crippen LogP contribution in [0.5, 0.6) is 5.75 Å². The molecule has 3 atom stereocenters. The second-order valence-electron chi connectivity index (χ2n) is 5.83. The lowest BCUT2D eigenvalue weighted by Gasteiger charge is -2.27. The minimum atomic E-state index is -0.387. The van der Waals surface area contributed by atoms with Gasteiger partial charge in [0.15, 0.2) is 6.10 Å². The molecule has 3 unspecified atom stereocenters. The highest BCUT2D eigenvalue weighted by Gasteiger charge is 2.37. The van der Waals surface area contributed by atoms with Crippen molar-refractivity contribution in [3.8, 4) is 5.75 Å². The van der Waals surface area contributed by atoms with Crippen molar-refractivity contribution in [3.05, 3.63) is 29.8 Å². The van der Waals surface area contributed by atoms with Crippen LogP contribution in [0.25, 0.3) is 0 Å². The molecule has 1 aromatic carbocycles. The smallest absolute Gasteiger partial charge is 0.264 e. The van der Waals surface area contributed by atoms with E-state index in [9.17, 15) is 9.90 Å². The molecule has 1 aromatic rings. The molecule has 0 aromatic heterocycles. The van der Waals surface area contributed by atoms with Gasteiger partial charge in [-0.1, -0.05) is 18.2 Å². The van der Waals surface area contributed by atoms with Crippen molar-refractivity contribution in [2.24, 2.45) is 0 Å². The van der Waals surface area contributed by atoms with Gasteiger partial charge in [-0.15, -0.1) is 0 Å². The van der Waals surface area contributed by atoms with Gasteiger partial charge in [-0.3, -0.25) is 4.79 Å². The summed E-state index contributed by atoms with van der Waals surface area (Å²) in [7, 11) is 0. The maximum absolute atomic E-state index is 12.6. The number of nitrogens with zero attached hydrogens (tertiary/aromatic N) is 1. The summed E-state index contributed by atoms with van der Waals surface area (Å²) in [6.07, 6.45) is 2.56. The SMILES string of the molecule is CC(O)CC1CCCN1C(=O)C1Cc2ccccc2O1. The number of likely N-dealkylation sites (tertiary alicyclic amines) is 1. The van der Waals surface area contributed by atoms with Crippen LogP contribution < -0.4 is 4.74 Å². The second-order valence-corrected chi connectivity index (χ2v) is 5.83.